The zero-order valence-electron chi connectivity index (χ0n) is 20.1. The number of hydrogen-bond acceptors (Lipinski definition) is 6. The number of benzene rings is 1. The lowest BCUT2D eigenvalue weighted by Gasteiger charge is -2.21. The number of carboxylic acids is 1. The zero-order chi connectivity index (χ0) is 24.9. The predicted molar refractivity (Wildman–Crippen MR) is 135 cm³/mol. The van der Waals surface area contributed by atoms with Gasteiger partial charge >= 0.3 is 5.97 Å². The third-order valence-electron chi connectivity index (χ3n) is 6.70. The van der Waals surface area contributed by atoms with E-state index in [0.717, 1.165) is 30.6 Å². The van der Waals surface area contributed by atoms with E-state index < -0.39 is 12.0 Å². The number of carbonyl (C=O) groups excluding carboxylic acids is 2. The molecule has 4 N–H and O–H groups in total. The van der Waals surface area contributed by atoms with Gasteiger partial charge in [0, 0.05) is 17.0 Å². The molecule has 0 radical (unpaired) electrons. The topological polar surface area (TPSA) is 117 Å². The molecule has 2 aliphatic carbocycles. The van der Waals surface area contributed by atoms with Crippen LogP contribution in [0.2, 0.25) is 0 Å². The van der Waals surface area contributed by atoms with Crippen LogP contribution in [0.1, 0.15) is 82.8 Å². The lowest BCUT2D eigenvalue weighted by molar-refractivity contribution is -0.123. The first kappa shape index (κ1) is 25.0. The van der Waals surface area contributed by atoms with Gasteiger partial charge in [-0.2, -0.15) is 0 Å². The van der Waals surface area contributed by atoms with Crippen LogP contribution < -0.4 is 20.7 Å². The molecule has 2 aliphatic rings. The summed E-state index contributed by atoms with van der Waals surface area (Å²) in [7, 11) is 1.53. The van der Waals surface area contributed by atoms with E-state index in [0.29, 0.717) is 28.7 Å². The number of rotatable bonds is 11. The Labute approximate surface area is 209 Å². The van der Waals surface area contributed by atoms with Crippen molar-refractivity contribution >= 4 is 34.8 Å². The molecule has 2 atom stereocenters. The predicted octanol–water partition coefficient (Wildman–Crippen LogP) is 4.59. The number of aromatic carboxylic acids is 1. The molecule has 188 valence electrons. The number of carboxylic acid groups (broad SMARTS) is 1. The standard InChI is InChI=1S/C26H33N3O5S/c1-15(27-20-14-18(34-2)9-10-19(20)26(32)33)22-11-12-23(35-22)25(31)29-21(13-16-5-3-4-6-16)24(30)28-17-7-8-17/h9-12,14-17,21,27H,3-8,13H2,1-2H3,(H,28,30)(H,29,31)(H,32,33)/t15?,21-/m0/s1. The third kappa shape index (κ3) is 6.54. The Bertz CT molecular complexity index is 1070. The number of methoxy groups -OCH3 is 1. The number of thiophene rings is 1. The molecule has 35 heavy (non-hydrogen) atoms. The van der Waals surface area contributed by atoms with Crippen molar-refractivity contribution in [3.8, 4) is 5.75 Å². The van der Waals surface area contributed by atoms with Gasteiger partial charge in [0.15, 0.2) is 0 Å². The summed E-state index contributed by atoms with van der Waals surface area (Å²) in [6.07, 6.45) is 7.28. The molecule has 2 saturated carbocycles. The summed E-state index contributed by atoms with van der Waals surface area (Å²) in [4.78, 5) is 38.9. The minimum absolute atomic E-state index is 0.0845. The maximum atomic E-state index is 13.1. The minimum Gasteiger partial charge on any atom is -0.497 e. The Morgan fingerprint density at radius 3 is 2.51 bits per heavy atom. The van der Waals surface area contributed by atoms with Gasteiger partial charge < -0.3 is 25.8 Å². The van der Waals surface area contributed by atoms with Gasteiger partial charge in [-0.25, -0.2) is 4.79 Å². The SMILES string of the molecule is COc1ccc(C(=O)O)c(NC(C)c2ccc(C(=O)N[C@@H](CC3CCCC3)C(=O)NC3CC3)s2)c1. The second kappa shape index (κ2) is 11.1. The maximum absolute atomic E-state index is 13.1. The highest BCUT2D eigenvalue weighted by atomic mass is 32.1. The highest BCUT2D eigenvalue weighted by Gasteiger charge is 2.31. The fourth-order valence-corrected chi connectivity index (χ4v) is 5.45. The van der Waals surface area contributed by atoms with E-state index in [9.17, 15) is 19.5 Å². The molecule has 2 fully saturated rings. The molecule has 1 aromatic carbocycles. The smallest absolute Gasteiger partial charge is 0.337 e. The van der Waals surface area contributed by atoms with Crippen LogP contribution in [0.3, 0.4) is 0 Å². The summed E-state index contributed by atoms with van der Waals surface area (Å²) in [5, 5.41) is 18.8. The van der Waals surface area contributed by atoms with E-state index in [2.05, 4.69) is 16.0 Å². The van der Waals surface area contributed by atoms with Crippen LogP contribution in [-0.4, -0.2) is 42.1 Å². The molecule has 0 aliphatic heterocycles. The first-order chi connectivity index (χ1) is 16.8. The van der Waals surface area contributed by atoms with Gasteiger partial charge in [0.25, 0.3) is 5.91 Å². The zero-order valence-corrected chi connectivity index (χ0v) is 21.0. The third-order valence-corrected chi connectivity index (χ3v) is 7.96. The highest BCUT2D eigenvalue weighted by molar-refractivity contribution is 7.14. The summed E-state index contributed by atoms with van der Waals surface area (Å²) < 4.78 is 5.23. The monoisotopic (exact) mass is 499 g/mol. The lowest BCUT2D eigenvalue weighted by Crippen LogP contribution is -2.48. The van der Waals surface area contributed by atoms with Crippen molar-refractivity contribution in [2.24, 2.45) is 5.92 Å². The minimum atomic E-state index is -1.04. The van der Waals surface area contributed by atoms with E-state index in [1.807, 2.05) is 13.0 Å². The molecule has 1 heterocycles. The number of nitrogens with one attached hydrogen (secondary N) is 3. The van der Waals surface area contributed by atoms with Crippen LogP contribution >= 0.6 is 11.3 Å². The molecule has 1 unspecified atom stereocenters. The summed E-state index contributed by atoms with van der Waals surface area (Å²) >= 11 is 1.33. The largest absolute Gasteiger partial charge is 0.497 e. The maximum Gasteiger partial charge on any atom is 0.337 e. The highest BCUT2D eigenvalue weighted by Crippen LogP contribution is 2.31. The van der Waals surface area contributed by atoms with Gasteiger partial charge in [-0.3, -0.25) is 9.59 Å². The molecule has 8 nitrogen and oxygen atoms in total. The number of anilines is 1. The van der Waals surface area contributed by atoms with Crippen molar-refractivity contribution < 1.29 is 24.2 Å². The molecule has 1 aromatic heterocycles. The van der Waals surface area contributed by atoms with Crippen LogP contribution in [0.25, 0.3) is 0 Å². The number of amides is 2. The fraction of sp³-hybridized carbons (Fsp3) is 0.500. The van der Waals surface area contributed by atoms with Crippen molar-refractivity contribution in [3.05, 3.63) is 45.6 Å². The van der Waals surface area contributed by atoms with Gasteiger partial charge in [0.1, 0.15) is 11.8 Å². The van der Waals surface area contributed by atoms with Gasteiger partial charge in [-0.1, -0.05) is 25.7 Å². The Morgan fingerprint density at radius 2 is 1.86 bits per heavy atom. The molecule has 0 saturated heterocycles. The normalized spacial score (nSPS) is 17.4. The van der Waals surface area contributed by atoms with Crippen LogP contribution in [0.4, 0.5) is 5.69 Å². The van der Waals surface area contributed by atoms with Crippen LogP contribution in [-0.2, 0) is 4.79 Å². The number of carbonyl (C=O) groups is 3. The molecular formula is C26H33N3O5S. The molecule has 0 bridgehead atoms. The van der Waals surface area contributed by atoms with E-state index >= 15 is 0 Å². The number of ether oxygens (including phenoxy) is 1. The second-order valence-electron chi connectivity index (χ2n) is 9.48. The van der Waals surface area contributed by atoms with Gasteiger partial charge in [0.05, 0.1) is 29.3 Å². The molecule has 2 amide bonds. The van der Waals surface area contributed by atoms with E-state index in [4.69, 9.17) is 4.74 Å². The van der Waals surface area contributed by atoms with Gasteiger partial charge in [0.2, 0.25) is 5.91 Å². The van der Waals surface area contributed by atoms with Crippen molar-refractivity contribution in [1.82, 2.24) is 10.6 Å². The van der Waals surface area contributed by atoms with E-state index in [1.165, 1.54) is 37.4 Å². The molecular weight excluding hydrogens is 466 g/mol. The van der Waals surface area contributed by atoms with Crippen LogP contribution in [0.5, 0.6) is 5.75 Å². The second-order valence-corrected chi connectivity index (χ2v) is 10.6. The number of hydrogen-bond donors (Lipinski definition) is 4. The molecule has 9 heteroatoms. The van der Waals surface area contributed by atoms with Crippen molar-refractivity contribution in [2.45, 2.75) is 70.0 Å². The first-order valence-electron chi connectivity index (χ1n) is 12.2. The Kier molecular flexibility index (Phi) is 7.95. The first-order valence-corrected chi connectivity index (χ1v) is 13.0. The van der Waals surface area contributed by atoms with Crippen molar-refractivity contribution in [1.29, 1.82) is 0 Å². The lowest BCUT2D eigenvalue weighted by atomic mass is 9.97. The Balaban J connectivity index is 1.43. The average Bonchev–Trinajstić information content (AvgIpc) is 3.28. The van der Waals surface area contributed by atoms with Gasteiger partial charge in [-0.15, -0.1) is 11.3 Å². The van der Waals surface area contributed by atoms with Crippen molar-refractivity contribution in [2.75, 3.05) is 12.4 Å². The van der Waals surface area contributed by atoms with E-state index in [-0.39, 0.29) is 29.5 Å². The summed E-state index contributed by atoms with van der Waals surface area (Å²) in [6.45, 7) is 1.91. The Morgan fingerprint density at radius 1 is 1.11 bits per heavy atom. The Hall–Kier alpha value is -3.07. The van der Waals surface area contributed by atoms with Crippen LogP contribution in [0.15, 0.2) is 30.3 Å². The van der Waals surface area contributed by atoms with E-state index in [1.54, 1.807) is 18.2 Å². The average molecular weight is 500 g/mol. The summed E-state index contributed by atoms with van der Waals surface area (Å²) in [5.41, 5.74) is 0.584. The van der Waals surface area contributed by atoms with Crippen molar-refractivity contribution in [3.63, 3.8) is 0 Å². The molecule has 0 spiro atoms. The molecule has 2 aromatic rings. The van der Waals surface area contributed by atoms with Gasteiger partial charge in [-0.05, 0) is 56.4 Å². The fourth-order valence-electron chi connectivity index (χ4n) is 4.54. The molecule has 4 rings (SSSR count). The quantitative estimate of drug-likeness (QED) is 0.359. The summed E-state index contributed by atoms with van der Waals surface area (Å²) in [5.74, 6) is -0.353. The summed E-state index contributed by atoms with van der Waals surface area (Å²) in [6, 6.07) is 7.85. The van der Waals surface area contributed by atoms with Crippen LogP contribution in [0, 0.1) is 5.92 Å².